The van der Waals surface area contributed by atoms with E-state index in [0.717, 1.165) is 44.3 Å². The lowest BCUT2D eigenvalue weighted by atomic mass is 10.1. The fraction of sp³-hybridized carbons (Fsp3) is 0.533. The highest BCUT2D eigenvalue weighted by Crippen LogP contribution is 2.27. The number of benzene rings is 1. The predicted octanol–water partition coefficient (Wildman–Crippen LogP) is 1.98. The molecule has 0 atom stereocenters. The van der Waals surface area contributed by atoms with Crippen molar-refractivity contribution >= 4 is 0 Å². The van der Waals surface area contributed by atoms with Crippen LogP contribution >= 0.6 is 0 Å². The molecule has 3 nitrogen and oxygen atoms in total. The lowest BCUT2D eigenvalue weighted by Gasteiger charge is -2.34. The van der Waals surface area contributed by atoms with Gasteiger partial charge >= 0.3 is 0 Å². The number of halogens is 1. The molecule has 0 aromatic heterocycles. The molecule has 0 N–H and O–H groups in total. The SMILES string of the molecule is N#Cc1cc(CN2CCN(C3CC3)CC2)ccc1F. The van der Waals surface area contributed by atoms with E-state index < -0.39 is 5.82 Å². The molecule has 0 bridgehead atoms. The summed E-state index contributed by atoms with van der Waals surface area (Å²) < 4.78 is 13.3. The van der Waals surface area contributed by atoms with E-state index in [4.69, 9.17) is 5.26 Å². The molecule has 0 spiro atoms. The zero-order valence-electron chi connectivity index (χ0n) is 11.0. The zero-order valence-corrected chi connectivity index (χ0v) is 11.0. The Labute approximate surface area is 113 Å². The second kappa shape index (κ2) is 5.28. The topological polar surface area (TPSA) is 30.3 Å². The first-order chi connectivity index (χ1) is 9.26. The number of nitriles is 1. The van der Waals surface area contributed by atoms with Crippen LogP contribution in [0.2, 0.25) is 0 Å². The molecule has 1 aliphatic carbocycles. The fourth-order valence-corrected chi connectivity index (χ4v) is 2.74. The second-order valence-electron chi connectivity index (χ2n) is 5.47. The number of hydrogen-bond acceptors (Lipinski definition) is 3. The van der Waals surface area contributed by atoms with Crippen molar-refractivity contribution in [3.05, 3.63) is 35.1 Å². The van der Waals surface area contributed by atoms with Crippen molar-refractivity contribution in [3.63, 3.8) is 0 Å². The second-order valence-corrected chi connectivity index (χ2v) is 5.47. The third-order valence-electron chi connectivity index (χ3n) is 4.03. The van der Waals surface area contributed by atoms with Gasteiger partial charge in [-0.25, -0.2) is 4.39 Å². The Balaban J connectivity index is 1.58. The van der Waals surface area contributed by atoms with Crippen LogP contribution in [-0.2, 0) is 6.54 Å². The van der Waals surface area contributed by atoms with Crippen molar-refractivity contribution in [1.29, 1.82) is 5.26 Å². The molecule has 100 valence electrons. The van der Waals surface area contributed by atoms with Crippen molar-refractivity contribution in [2.45, 2.75) is 25.4 Å². The maximum atomic E-state index is 13.3. The Morgan fingerprint density at radius 1 is 1.21 bits per heavy atom. The molecule has 1 saturated carbocycles. The Kier molecular flexibility index (Phi) is 3.50. The first kappa shape index (κ1) is 12.6. The number of rotatable bonds is 3. The molecule has 19 heavy (non-hydrogen) atoms. The standard InChI is InChI=1S/C15H18FN3/c16-15-4-1-12(9-13(15)10-17)11-18-5-7-19(8-6-18)14-2-3-14/h1,4,9,14H,2-3,5-8,11H2. The third kappa shape index (κ3) is 2.94. The van der Waals surface area contributed by atoms with Crippen LogP contribution < -0.4 is 0 Å². The average molecular weight is 259 g/mol. The van der Waals surface area contributed by atoms with Crippen molar-refractivity contribution in [3.8, 4) is 6.07 Å². The van der Waals surface area contributed by atoms with E-state index in [1.165, 1.54) is 18.9 Å². The summed E-state index contributed by atoms with van der Waals surface area (Å²) in [5.41, 5.74) is 1.17. The smallest absolute Gasteiger partial charge is 0.140 e. The van der Waals surface area contributed by atoms with Gasteiger partial charge in [-0.2, -0.15) is 5.26 Å². The molecule has 1 saturated heterocycles. The first-order valence-corrected chi connectivity index (χ1v) is 6.91. The van der Waals surface area contributed by atoms with E-state index in [-0.39, 0.29) is 5.56 Å². The lowest BCUT2D eigenvalue weighted by Crippen LogP contribution is -2.46. The molecule has 3 rings (SSSR count). The lowest BCUT2D eigenvalue weighted by molar-refractivity contribution is 0.121. The highest BCUT2D eigenvalue weighted by molar-refractivity contribution is 5.34. The summed E-state index contributed by atoms with van der Waals surface area (Å²) in [6.07, 6.45) is 2.73. The Bertz CT molecular complexity index is 497. The van der Waals surface area contributed by atoms with Gasteiger partial charge in [0.15, 0.2) is 0 Å². The summed E-state index contributed by atoms with van der Waals surface area (Å²) in [6.45, 7) is 5.22. The van der Waals surface area contributed by atoms with E-state index >= 15 is 0 Å². The van der Waals surface area contributed by atoms with Gasteiger partial charge in [-0.1, -0.05) is 6.07 Å². The van der Waals surface area contributed by atoms with Gasteiger partial charge in [0.1, 0.15) is 11.9 Å². The van der Waals surface area contributed by atoms with Gasteiger partial charge in [0.05, 0.1) is 5.56 Å². The van der Waals surface area contributed by atoms with E-state index in [9.17, 15) is 4.39 Å². The Morgan fingerprint density at radius 2 is 1.95 bits per heavy atom. The minimum Gasteiger partial charge on any atom is -0.298 e. The van der Waals surface area contributed by atoms with Gasteiger partial charge in [-0.05, 0) is 30.5 Å². The summed E-state index contributed by atoms with van der Waals surface area (Å²) in [4.78, 5) is 4.95. The quantitative estimate of drug-likeness (QED) is 0.831. The summed E-state index contributed by atoms with van der Waals surface area (Å²) in [7, 11) is 0. The van der Waals surface area contributed by atoms with Gasteiger partial charge in [-0.3, -0.25) is 9.80 Å². The van der Waals surface area contributed by atoms with Gasteiger partial charge in [0, 0.05) is 38.8 Å². The van der Waals surface area contributed by atoms with Crippen molar-refractivity contribution in [1.82, 2.24) is 9.80 Å². The van der Waals surface area contributed by atoms with Crippen LogP contribution in [-0.4, -0.2) is 42.0 Å². The monoisotopic (exact) mass is 259 g/mol. The average Bonchev–Trinajstić information content (AvgIpc) is 3.26. The number of hydrogen-bond donors (Lipinski definition) is 0. The Morgan fingerprint density at radius 3 is 2.58 bits per heavy atom. The number of piperazine rings is 1. The van der Waals surface area contributed by atoms with Crippen LogP contribution in [0.25, 0.3) is 0 Å². The van der Waals surface area contributed by atoms with E-state index in [2.05, 4.69) is 9.80 Å². The van der Waals surface area contributed by atoms with Crippen LogP contribution in [0, 0.1) is 17.1 Å². The summed E-state index contributed by atoms with van der Waals surface area (Å²) in [5, 5.41) is 8.84. The van der Waals surface area contributed by atoms with E-state index in [1.54, 1.807) is 12.1 Å². The molecule has 0 radical (unpaired) electrons. The van der Waals surface area contributed by atoms with Crippen molar-refractivity contribution in [2.24, 2.45) is 0 Å². The molecule has 2 fully saturated rings. The van der Waals surface area contributed by atoms with Gasteiger partial charge in [0.2, 0.25) is 0 Å². The largest absolute Gasteiger partial charge is 0.298 e. The van der Waals surface area contributed by atoms with Crippen molar-refractivity contribution < 1.29 is 4.39 Å². The van der Waals surface area contributed by atoms with Crippen LogP contribution in [0.3, 0.4) is 0 Å². The Hall–Kier alpha value is -1.44. The van der Waals surface area contributed by atoms with E-state index in [1.807, 2.05) is 6.07 Å². The first-order valence-electron chi connectivity index (χ1n) is 6.91. The molecule has 1 aromatic carbocycles. The molecule has 0 unspecified atom stereocenters. The molecule has 0 amide bonds. The molecule has 2 aliphatic rings. The summed E-state index contributed by atoms with van der Waals surface area (Å²) >= 11 is 0. The van der Waals surface area contributed by atoms with Gasteiger partial charge < -0.3 is 0 Å². The zero-order chi connectivity index (χ0) is 13.2. The van der Waals surface area contributed by atoms with Crippen LogP contribution in [0.4, 0.5) is 4.39 Å². The normalized spacial score (nSPS) is 21.3. The molecule has 1 aromatic rings. The van der Waals surface area contributed by atoms with Gasteiger partial charge in [0.25, 0.3) is 0 Å². The molecule has 1 aliphatic heterocycles. The highest BCUT2D eigenvalue weighted by atomic mass is 19.1. The maximum absolute atomic E-state index is 13.3. The summed E-state index contributed by atoms with van der Waals surface area (Å²) in [5.74, 6) is -0.426. The maximum Gasteiger partial charge on any atom is 0.140 e. The summed E-state index contributed by atoms with van der Waals surface area (Å²) in [6, 6.07) is 7.59. The third-order valence-corrected chi connectivity index (χ3v) is 4.03. The molecule has 4 heteroatoms. The van der Waals surface area contributed by atoms with Gasteiger partial charge in [-0.15, -0.1) is 0 Å². The number of nitrogens with zero attached hydrogens (tertiary/aromatic N) is 3. The van der Waals surface area contributed by atoms with Crippen LogP contribution in [0.5, 0.6) is 0 Å². The minimum absolute atomic E-state index is 0.147. The predicted molar refractivity (Wildman–Crippen MR) is 71.0 cm³/mol. The molecular weight excluding hydrogens is 241 g/mol. The van der Waals surface area contributed by atoms with Crippen molar-refractivity contribution in [2.75, 3.05) is 26.2 Å². The highest BCUT2D eigenvalue weighted by Gasteiger charge is 2.31. The molecular formula is C15H18FN3. The van der Waals surface area contributed by atoms with Crippen LogP contribution in [0.1, 0.15) is 24.0 Å². The van der Waals surface area contributed by atoms with Crippen LogP contribution in [0.15, 0.2) is 18.2 Å². The molecule has 1 heterocycles. The minimum atomic E-state index is -0.426. The fourth-order valence-electron chi connectivity index (χ4n) is 2.74. The van der Waals surface area contributed by atoms with E-state index in [0.29, 0.717) is 0 Å².